The van der Waals surface area contributed by atoms with Crippen molar-refractivity contribution < 1.29 is 15.3 Å². The number of aliphatic hydroxyl groups is 3. The Bertz CT molecular complexity index is 1140. The second-order valence-electron chi connectivity index (χ2n) is 9.40. The lowest BCUT2D eigenvalue weighted by Gasteiger charge is -2.24. The molecule has 0 radical (unpaired) electrons. The van der Waals surface area contributed by atoms with Crippen molar-refractivity contribution in [2.75, 3.05) is 0 Å². The average Bonchev–Trinajstić information content (AvgIpc) is 2.97. The van der Waals surface area contributed by atoms with Crippen LogP contribution < -0.4 is 5.32 Å². The van der Waals surface area contributed by atoms with Gasteiger partial charge in [-0.15, -0.1) is 6.58 Å². The number of hydrogen-bond donors (Lipinski definition) is 4. The third-order valence-electron chi connectivity index (χ3n) is 6.27. The van der Waals surface area contributed by atoms with E-state index in [4.69, 9.17) is 21.8 Å². The number of unbranched alkanes of at least 4 members (excludes halogenated alkanes) is 2. The molecule has 2 unspecified atom stereocenters. The van der Waals surface area contributed by atoms with E-state index >= 15 is 0 Å². The van der Waals surface area contributed by atoms with Gasteiger partial charge in [-0.25, -0.2) is 0 Å². The lowest BCUT2D eigenvalue weighted by atomic mass is 9.95. The molecule has 0 aromatic heterocycles. The Morgan fingerprint density at radius 1 is 1.00 bits per heavy atom. The Morgan fingerprint density at radius 3 is 2.48 bits per heavy atom. The van der Waals surface area contributed by atoms with E-state index in [9.17, 15) is 5.11 Å². The van der Waals surface area contributed by atoms with Gasteiger partial charge >= 0.3 is 0 Å². The zero-order valence-corrected chi connectivity index (χ0v) is 24.5. The minimum atomic E-state index is -1.27. The number of hydrogen-bond acceptors (Lipinski definition) is 6. The quantitative estimate of drug-likeness (QED) is 0.0831. The van der Waals surface area contributed by atoms with Gasteiger partial charge in [-0.05, 0) is 79.8 Å². The molecule has 216 valence electrons. The summed E-state index contributed by atoms with van der Waals surface area (Å²) >= 11 is 5.99. The number of allylic oxidation sites excluding steroid dienone is 2. The molecule has 6 nitrogen and oxygen atoms in total. The van der Waals surface area contributed by atoms with E-state index in [1.165, 1.54) is 5.56 Å². The summed E-state index contributed by atoms with van der Waals surface area (Å²) in [5, 5.41) is 32.9. The molecule has 1 aliphatic carbocycles. The van der Waals surface area contributed by atoms with Crippen LogP contribution in [0, 0.1) is 5.92 Å². The summed E-state index contributed by atoms with van der Waals surface area (Å²) in [4.78, 5) is 9.32. The maximum Gasteiger partial charge on any atom is 0.151 e. The number of halogens is 1. The van der Waals surface area contributed by atoms with Crippen LogP contribution in [0.5, 0.6) is 0 Å². The molecule has 2 aromatic rings. The highest BCUT2D eigenvalue weighted by Gasteiger charge is 2.21. The number of aryl methyl sites for hydroxylation is 1. The fourth-order valence-electron chi connectivity index (χ4n) is 4.11. The van der Waals surface area contributed by atoms with Gasteiger partial charge in [0, 0.05) is 29.9 Å². The summed E-state index contributed by atoms with van der Waals surface area (Å²) in [5.74, 6) is -0.148. The molecule has 0 amide bonds. The van der Waals surface area contributed by atoms with Crippen molar-refractivity contribution in [1.29, 1.82) is 0 Å². The molecule has 0 bridgehead atoms. The third kappa shape index (κ3) is 12.5. The van der Waals surface area contributed by atoms with Crippen molar-refractivity contribution in [3.8, 4) is 0 Å². The molecule has 4 N–H and O–H groups in total. The Hall–Kier alpha value is -2.87. The first-order valence-corrected chi connectivity index (χ1v) is 14.5. The Kier molecular flexibility index (Phi) is 16.0. The van der Waals surface area contributed by atoms with E-state index in [0.29, 0.717) is 42.9 Å². The Labute approximate surface area is 244 Å². The molecular formula is C33H44ClN3O3. The van der Waals surface area contributed by atoms with Gasteiger partial charge in [0.2, 0.25) is 0 Å². The number of nitrogens with zero attached hydrogens (tertiary/aromatic N) is 2. The molecule has 0 spiro atoms. The zero-order chi connectivity index (χ0) is 29.2. The largest absolute Gasteiger partial charge is 0.378 e. The van der Waals surface area contributed by atoms with Gasteiger partial charge in [0.25, 0.3) is 0 Å². The number of rotatable bonds is 15. The van der Waals surface area contributed by atoms with Crippen LogP contribution in [0.2, 0.25) is 5.02 Å². The van der Waals surface area contributed by atoms with Gasteiger partial charge in [-0.2, -0.15) is 0 Å². The van der Waals surface area contributed by atoms with E-state index in [1.807, 2.05) is 68.6 Å². The molecule has 0 fully saturated rings. The van der Waals surface area contributed by atoms with Crippen molar-refractivity contribution in [3.63, 3.8) is 0 Å². The highest BCUT2D eigenvalue weighted by atomic mass is 35.5. The topological polar surface area (TPSA) is 97.4 Å². The molecule has 7 heteroatoms. The van der Waals surface area contributed by atoms with Gasteiger partial charge in [0.1, 0.15) is 6.23 Å². The van der Waals surface area contributed by atoms with Gasteiger partial charge < -0.3 is 15.3 Å². The lowest BCUT2D eigenvalue weighted by Crippen LogP contribution is -2.35. The smallest absolute Gasteiger partial charge is 0.151 e. The summed E-state index contributed by atoms with van der Waals surface area (Å²) in [6, 6.07) is 15.8. The van der Waals surface area contributed by atoms with Crippen LogP contribution in [-0.2, 0) is 13.0 Å². The van der Waals surface area contributed by atoms with Crippen LogP contribution in [0.15, 0.2) is 94.7 Å². The van der Waals surface area contributed by atoms with Gasteiger partial charge in [0.05, 0.1) is 11.4 Å². The first-order valence-electron chi connectivity index (χ1n) is 14.2. The summed E-state index contributed by atoms with van der Waals surface area (Å²) in [5.41, 5.74) is 4.77. The molecule has 2 aromatic carbocycles. The van der Waals surface area contributed by atoms with Gasteiger partial charge in [-0.3, -0.25) is 15.3 Å². The minimum Gasteiger partial charge on any atom is -0.378 e. The summed E-state index contributed by atoms with van der Waals surface area (Å²) in [6.45, 7) is 8.36. The SMILES string of the molecule is C=CCCc1cccc(CNC(O)C2C=C(N=CCCCCC(O)O)C(N=Cc3ccc(Cl)cc3)=CC2)c1.CC. The van der Waals surface area contributed by atoms with Gasteiger partial charge in [-0.1, -0.05) is 74.0 Å². The summed E-state index contributed by atoms with van der Waals surface area (Å²) in [7, 11) is 0. The maximum atomic E-state index is 10.9. The average molecular weight is 566 g/mol. The number of nitrogens with one attached hydrogen (secondary N) is 1. The van der Waals surface area contributed by atoms with Crippen molar-refractivity contribution in [1.82, 2.24) is 5.32 Å². The fourth-order valence-corrected chi connectivity index (χ4v) is 4.24. The van der Waals surface area contributed by atoms with Crippen LogP contribution in [0.3, 0.4) is 0 Å². The fraction of sp³-hybridized carbons (Fsp3) is 0.394. The van der Waals surface area contributed by atoms with Crippen LogP contribution >= 0.6 is 11.6 Å². The first kappa shape index (κ1) is 33.3. The minimum absolute atomic E-state index is 0.148. The van der Waals surface area contributed by atoms with E-state index in [-0.39, 0.29) is 5.92 Å². The predicted molar refractivity (Wildman–Crippen MR) is 168 cm³/mol. The maximum absolute atomic E-state index is 10.9. The first-order chi connectivity index (χ1) is 19.4. The third-order valence-corrected chi connectivity index (χ3v) is 6.52. The second kappa shape index (κ2) is 19.2. The normalized spacial score (nSPS) is 16.0. The monoisotopic (exact) mass is 565 g/mol. The van der Waals surface area contributed by atoms with E-state index in [1.54, 1.807) is 6.21 Å². The van der Waals surface area contributed by atoms with E-state index in [2.05, 4.69) is 40.1 Å². The highest BCUT2D eigenvalue weighted by Crippen LogP contribution is 2.27. The standard InChI is InChI=1S/C31H38ClN3O3.C2H6/c1-2-3-8-23-9-7-10-25(19-23)22-35-31(38)26-14-17-28(34-21-24-12-15-27(32)16-13-24)29(20-26)33-18-6-4-5-11-30(36)37;1-2/h2,7,9-10,12-13,15-21,26,30-31,35-38H,1,3-6,8,11,14,22H2;1-2H3. The molecule has 1 aliphatic rings. The van der Waals surface area contributed by atoms with E-state index < -0.39 is 12.5 Å². The van der Waals surface area contributed by atoms with Crippen molar-refractivity contribution in [2.24, 2.45) is 15.9 Å². The Balaban J connectivity index is 0.00000274. The molecule has 0 heterocycles. The molecular weight excluding hydrogens is 522 g/mol. The Morgan fingerprint density at radius 2 is 1.75 bits per heavy atom. The molecule has 0 saturated heterocycles. The number of aliphatic hydroxyl groups excluding tert-OH is 2. The van der Waals surface area contributed by atoms with Crippen LogP contribution in [0.1, 0.15) is 69.1 Å². The lowest BCUT2D eigenvalue weighted by molar-refractivity contribution is -0.0464. The second-order valence-corrected chi connectivity index (χ2v) is 9.84. The van der Waals surface area contributed by atoms with E-state index in [0.717, 1.165) is 36.1 Å². The van der Waals surface area contributed by atoms with Crippen LogP contribution in [-0.4, -0.2) is 40.3 Å². The number of aliphatic imine (C=N–C) groups is 2. The highest BCUT2D eigenvalue weighted by molar-refractivity contribution is 6.30. The summed E-state index contributed by atoms with van der Waals surface area (Å²) < 4.78 is 0. The molecule has 2 atom stereocenters. The molecule has 0 aliphatic heterocycles. The van der Waals surface area contributed by atoms with Crippen molar-refractivity contribution >= 4 is 24.0 Å². The molecule has 0 saturated carbocycles. The van der Waals surface area contributed by atoms with Crippen LogP contribution in [0.4, 0.5) is 0 Å². The number of benzene rings is 2. The molecule has 3 rings (SSSR count). The zero-order valence-electron chi connectivity index (χ0n) is 23.7. The van der Waals surface area contributed by atoms with Gasteiger partial charge in [0.15, 0.2) is 6.29 Å². The summed E-state index contributed by atoms with van der Waals surface area (Å²) in [6.07, 6.45) is 12.6. The predicted octanol–water partition coefficient (Wildman–Crippen LogP) is 6.74. The van der Waals surface area contributed by atoms with Crippen molar-refractivity contribution in [2.45, 2.75) is 77.9 Å². The molecule has 40 heavy (non-hydrogen) atoms. The van der Waals surface area contributed by atoms with Crippen LogP contribution in [0.25, 0.3) is 0 Å². The van der Waals surface area contributed by atoms with Crippen molar-refractivity contribution in [3.05, 3.63) is 106 Å².